The number of furan rings is 1. The maximum atomic E-state index is 12.5. The maximum absolute atomic E-state index is 12.5. The number of hydrogen-bond acceptors (Lipinski definition) is 8. The third-order valence-corrected chi connectivity index (χ3v) is 4.72. The maximum Gasteiger partial charge on any atom is 0.433 e. The van der Waals surface area contributed by atoms with E-state index in [-0.39, 0.29) is 21.9 Å². The first-order valence-corrected chi connectivity index (χ1v) is 8.93. The van der Waals surface area contributed by atoms with Crippen molar-refractivity contribution in [1.82, 2.24) is 5.01 Å². The van der Waals surface area contributed by atoms with Crippen molar-refractivity contribution < 1.29 is 14.1 Å². The van der Waals surface area contributed by atoms with Crippen molar-refractivity contribution in [2.24, 2.45) is 5.10 Å². The first-order valence-electron chi connectivity index (χ1n) is 7.71. The summed E-state index contributed by atoms with van der Waals surface area (Å²) in [4.78, 5) is 22.8. The lowest BCUT2D eigenvalue weighted by Gasteiger charge is -2.04. The van der Waals surface area contributed by atoms with Crippen molar-refractivity contribution in [3.8, 4) is 6.07 Å². The summed E-state index contributed by atoms with van der Waals surface area (Å²) in [6.07, 6.45) is 5.96. The zero-order valence-electron chi connectivity index (χ0n) is 14.0. The number of hydrogen-bond donors (Lipinski definition) is 0. The van der Waals surface area contributed by atoms with Crippen molar-refractivity contribution in [1.29, 1.82) is 5.26 Å². The minimum atomic E-state index is -0.633. The first-order chi connectivity index (χ1) is 13.5. The molecule has 0 unspecified atom stereocenters. The third-order valence-electron chi connectivity index (χ3n) is 3.43. The van der Waals surface area contributed by atoms with Crippen molar-refractivity contribution in [3.05, 3.63) is 74.4 Å². The summed E-state index contributed by atoms with van der Waals surface area (Å²) in [6, 6.07) is 11.5. The number of carbonyl (C=O) groups is 1. The highest BCUT2D eigenvalue weighted by molar-refractivity contribution is 8.26. The second-order valence-corrected chi connectivity index (χ2v) is 6.96. The van der Waals surface area contributed by atoms with Gasteiger partial charge in [-0.05, 0) is 54.2 Å². The number of rotatable bonds is 5. The Kier molecular flexibility index (Phi) is 5.78. The summed E-state index contributed by atoms with van der Waals surface area (Å²) in [7, 11) is 0. The van der Waals surface area contributed by atoms with Crippen LogP contribution in [0.3, 0.4) is 0 Å². The van der Waals surface area contributed by atoms with Gasteiger partial charge in [-0.15, -0.1) is 0 Å². The first kappa shape index (κ1) is 19.2. The van der Waals surface area contributed by atoms with Gasteiger partial charge in [0.25, 0.3) is 5.91 Å². The van der Waals surface area contributed by atoms with E-state index in [9.17, 15) is 14.9 Å². The lowest BCUT2D eigenvalue weighted by molar-refractivity contribution is -0.402. The molecule has 1 aliphatic heterocycles. The Balaban J connectivity index is 1.68. The van der Waals surface area contributed by atoms with Gasteiger partial charge >= 0.3 is 5.88 Å². The molecule has 10 heteroatoms. The molecule has 3 rings (SSSR count). The number of nitro groups is 1. The Morgan fingerprint density at radius 2 is 2.04 bits per heavy atom. The van der Waals surface area contributed by atoms with Crippen LogP contribution in [-0.4, -0.2) is 26.4 Å². The molecule has 8 nitrogen and oxygen atoms in total. The van der Waals surface area contributed by atoms with E-state index in [1.54, 1.807) is 30.3 Å². The van der Waals surface area contributed by atoms with Crippen LogP contribution in [0.5, 0.6) is 0 Å². The molecule has 1 amide bonds. The predicted octanol–water partition coefficient (Wildman–Crippen LogP) is 3.96. The normalized spacial score (nSPS) is 15.8. The molecular formula is C18H10N4O4S2. The van der Waals surface area contributed by atoms with Gasteiger partial charge in [0.05, 0.1) is 22.6 Å². The number of hydrazone groups is 1. The minimum Gasteiger partial charge on any atom is -0.401 e. The van der Waals surface area contributed by atoms with Gasteiger partial charge in [0.2, 0.25) is 0 Å². The second-order valence-electron chi connectivity index (χ2n) is 5.28. The zero-order valence-corrected chi connectivity index (χ0v) is 15.6. The molecule has 1 aromatic heterocycles. The van der Waals surface area contributed by atoms with Gasteiger partial charge < -0.3 is 4.42 Å². The van der Waals surface area contributed by atoms with E-state index in [1.807, 2.05) is 6.07 Å². The van der Waals surface area contributed by atoms with E-state index in [0.717, 1.165) is 22.3 Å². The van der Waals surface area contributed by atoms with Crippen LogP contribution in [-0.2, 0) is 4.79 Å². The Morgan fingerprint density at radius 1 is 1.29 bits per heavy atom. The Morgan fingerprint density at radius 3 is 2.68 bits per heavy atom. The molecule has 0 bridgehead atoms. The number of carbonyl (C=O) groups excluding carboxylic acids is 1. The van der Waals surface area contributed by atoms with Crippen LogP contribution in [0.2, 0.25) is 0 Å². The highest BCUT2D eigenvalue weighted by Crippen LogP contribution is 2.32. The second kappa shape index (κ2) is 8.43. The molecule has 0 saturated carbocycles. The zero-order chi connectivity index (χ0) is 20.1. The van der Waals surface area contributed by atoms with Gasteiger partial charge in [0.15, 0.2) is 4.32 Å². The molecule has 0 aliphatic carbocycles. The molecule has 0 radical (unpaired) electrons. The Labute approximate surface area is 168 Å². The monoisotopic (exact) mass is 410 g/mol. The Bertz CT molecular complexity index is 1080. The Hall–Kier alpha value is -3.55. The average molecular weight is 410 g/mol. The van der Waals surface area contributed by atoms with E-state index in [0.29, 0.717) is 10.5 Å². The molecule has 1 fully saturated rings. The third kappa shape index (κ3) is 4.40. The topological polar surface area (TPSA) is 113 Å². The fraction of sp³-hybridized carbons (Fsp3) is 0. The molecule has 2 heterocycles. The summed E-state index contributed by atoms with van der Waals surface area (Å²) in [6.45, 7) is 0. The van der Waals surface area contributed by atoms with E-state index in [1.165, 1.54) is 30.5 Å². The highest BCUT2D eigenvalue weighted by atomic mass is 32.2. The lowest BCUT2D eigenvalue weighted by Crippen LogP contribution is -2.21. The summed E-state index contributed by atoms with van der Waals surface area (Å²) in [5, 5.41) is 24.5. The van der Waals surface area contributed by atoms with Crippen LogP contribution in [0.25, 0.3) is 12.2 Å². The number of thioether (sulfide) groups is 1. The summed E-state index contributed by atoms with van der Waals surface area (Å²) in [5.41, 5.74) is 1.30. The fourth-order valence-electron chi connectivity index (χ4n) is 2.14. The van der Waals surface area contributed by atoms with Crippen LogP contribution >= 0.6 is 24.0 Å². The molecule has 0 spiro atoms. The van der Waals surface area contributed by atoms with Crippen LogP contribution < -0.4 is 0 Å². The van der Waals surface area contributed by atoms with E-state index >= 15 is 0 Å². The van der Waals surface area contributed by atoms with Crippen LogP contribution in [0.15, 0.2) is 56.9 Å². The summed E-state index contributed by atoms with van der Waals surface area (Å²) in [5.74, 6) is -0.441. The molecule has 138 valence electrons. The smallest absolute Gasteiger partial charge is 0.401 e. The van der Waals surface area contributed by atoms with Crippen molar-refractivity contribution in [2.75, 3.05) is 0 Å². The van der Waals surface area contributed by atoms with Crippen LogP contribution in [0, 0.1) is 21.4 Å². The van der Waals surface area contributed by atoms with Crippen LogP contribution in [0.4, 0.5) is 5.88 Å². The number of benzene rings is 1. The van der Waals surface area contributed by atoms with Gasteiger partial charge in [-0.3, -0.25) is 14.9 Å². The lowest BCUT2D eigenvalue weighted by atomic mass is 10.1. The van der Waals surface area contributed by atoms with Gasteiger partial charge in [-0.25, -0.2) is 0 Å². The fourth-order valence-corrected chi connectivity index (χ4v) is 3.31. The van der Waals surface area contributed by atoms with Crippen molar-refractivity contribution >= 4 is 58.5 Å². The predicted molar refractivity (Wildman–Crippen MR) is 109 cm³/mol. The van der Waals surface area contributed by atoms with Gasteiger partial charge in [-0.1, -0.05) is 23.9 Å². The standard InChI is InChI=1S/C18H10N4O4S2/c19-11-13-5-3-12(4-6-13)10-15-17(23)21(18(27)28-15)20-9-1-2-14-7-8-16(26-14)22(24)25/h1-10H/b2-1+,15-10+,20-9+. The number of amides is 1. The van der Waals surface area contributed by atoms with Crippen LogP contribution in [0.1, 0.15) is 16.9 Å². The molecule has 0 N–H and O–H groups in total. The minimum absolute atomic E-state index is 0.281. The number of nitrogens with zero attached hydrogens (tertiary/aromatic N) is 4. The summed E-state index contributed by atoms with van der Waals surface area (Å²) < 4.78 is 5.25. The molecule has 2 aromatic rings. The highest BCUT2D eigenvalue weighted by Gasteiger charge is 2.31. The van der Waals surface area contributed by atoms with Gasteiger partial charge in [0, 0.05) is 6.21 Å². The molecule has 1 aromatic carbocycles. The molecule has 1 saturated heterocycles. The SMILES string of the molecule is N#Cc1ccc(/C=C2/SC(=S)N(/N=C/C=C/c3ccc([N+](=O)[O-])o3)C2=O)cc1. The largest absolute Gasteiger partial charge is 0.433 e. The van der Waals surface area contributed by atoms with Gasteiger partial charge in [0.1, 0.15) is 10.7 Å². The molecule has 0 atom stereocenters. The number of nitriles is 1. The van der Waals surface area contributed by atoms with Crippen molar-refractivity contribution in [3.63, 3.8) is 0 Å². The molecular weight excluding hydrogens is 400 g/mol. The number of allylic oxidation sites excluding steroid dienone is 1. The molecule has 28 heavy (non-hydrogen) atoms. The van der Waals surface area contributed by atoms with E-state index < -0.39 is 4.92 Å². The average Bonchev–Trinajstić information content (AvgIpc) is 3.26. The van der Waals surface area contributed by atoms with E-state index in [2.05, 4.69) is 5.10 Å². The number of thiocarbonyl (C=S) groups is 1. The molecule has 1 aliphatic rings. The van der Waals surface area contributed by atoms with E-state index in [4.69, 9.17) is 21.9 Å². The van der Waals surface area contributed by atoms with Gasteiger partial charge in [-0.2, -0.15) is 15.4 Å². The summed E-state index contributed by atoms with van der Waals surface area (Å²) >= 11 is 6.30. The quantitative estimate of drug-likeness (QED) is 0.241. The van der Waals surface area contributed by atoms with Crippen molar-refractivity contribution in [2.45, 2.75) is 0 Å².